The second-order valence-corrected chi connectivity index (χ2v) is 13.3. The van der Waals surface area contributed by atoms with Crippen LogP contribution in [-0.2, 0) is 17.9 Å². The molecule has 2 aromatic heterocycles. The van der Waals surface area contributed by atoms with Crippen molar-refractivity contribution in [3.63, 3.8) is 0 Å². The van der Waals surface area contributed by atoms with E-state index >= 15 is 13.2 Å². The first-order valence-electron chi connectivity index (χ1n) is 15.6. The Morgan fingerprint density at radius 3 is 2.50 bits per heavy atom. The Balaban J connectivity index is 1.49. The van der Waals surface area contributed by atoms with Crippen LogP contribution in [-0.4, -0.2) is 49.8 Å². The Bertz CT molecular complexity index is 1690. The standard InChI is InChI=1S/C33H39F3N6O2/c1-20-23-7-6-8-25(27(23)34)33(35,36)22-9-15-41(16-10-22)19-31(3,44)11-4-5-14-42-29-24(28(38-20)39-21(2)40-29)17-26(30(42)43)32(18-37)12-13-32/h6-8,17,20,22,44H,4-5,9-16,19H2,1-3H3,(H,38,39,40)/t20-,31?/m1/s1. The number of hydrogen-bond donors (Lipinski definition) is 2. The minimum absolute atomic E-state index is 0.0821. The number of fused-ring (bicyclic) bond motifs is 8. The van der Waals surface area contributed by atoms with Crippen LogP contribution in [0.5, 0.6) is 0 Å². The third-order valence-electron chi connectivity index (χ3n) is 9.76. The molecule has 2 atom stereocenters. The molecule has 3 aliphatic heterocycles. The van der Waals surface area contributed by atoms with E-state index in [2.05, 4.69) is 21.4 Å². The summed E-state index contributed by atoms with van der Waals surface area (Å²) >= 11 is 0. The molecule has 0 spiro atoms. The van der Waals surface area contributed by atoms with E-state index in [9.17, 15) is 15.2 Å². The van der Waals surface area contributed by atoms with Gasteiger partial charge in [-0.15, -0.1) is 0 Å². The molecule has 44 heavy (non-hydrogen) atoms. The first-order valence-corrected chi connectivity index (χ1v) is 15.6. The first-order chi connectivity index (χ1) is 20.8. The Kier molecular flexibility index (Phi) is 7.73. The van der Waals surface area contributed by atoms with Crippen LogP contribution in [0.1, 0.15) is 87.3 Å². The van der Waals surface area contributed by atoms with Crippen molar-refractivity contribution >= 4 is 16.9 Å². The van der Waals surface area contributed by atoms with Gasteiger partial charge in [-0.3, -0.25) is 9.36 Å². The van der Waals surface area contributed by atoms with Gasteiger partial charge in [-0.25, -0.2) is 23.1 Å². The van der Waals surface area contributed by atoms with Crippen molar-refractivity contribution < 1.29 is 18.3 Å². The van der Waals surface area contributed by atoms with Gasteiger partial charge in [0.15, 0.2) is 0 Å². The number of piperidine rings is 1. The van der Waals surface area contributed by atoms with Crippen molar-refractivity contribution in [3.8, 4) is 6.07 Å². The molecule has 3 aromatic rings. The number of aromatic nitrogens is 3. The van der Waals surface area contributed by atoms with Gasteiger partial charge in [0.1, 0.15) is 23.1 Å². The average Bonchev–Trinajstić information content (AvgIpc) is 3.77. The van der Waals surface area contributed by atoms with Gasteiger partial charge in [-0.1, -0.05) is 18.2 Å². The summed E-state index contributed by atoms with van der Waals surface area (Å²) in [6.07, 6.45) is 3.22. The Morgan fingerprint density at radius 2 is 1.82 bits per heavy atom. The number of aryl methyl sites for hydroxylation is 2. The highest BCUT2D eigenvalue weighted by Gasteiger charge is 2.48. The van der Waals surface area contributed by atoms with Crippen LogP contribution in [0.4, 0.5) is 19.0 Å². The number of rotatable bonds is 1. The molecule has 2 fully saturated rings. The molecule has 1 saturated carbocycles. The van der Waals surface area contributed by atoms with Crippen molar-refractivity contribution in [2.24, 2.45) is 5.92 Å². The van der Waals surface area contributed by atoms with Crippen LogP contribution in [0.25, 0.3) is 11.0 Å². The van der Waals surface area contributed by atoms with Crippen LogP contribution in [0, 0.1) is 30.0 Å². The predicted molar refractivity (Wildman–Crippen MR) is 161 cm³/mol. The number of hydrogen-bond acceptors (Lipinski definition) is 7. The first kappa shape index (κ1) is 30.5. The summed E-state index contributed by atoms with van der Waals surface area (Å²) in [4.78, 5) is 25.1. The molecule has 1 unspecified atom stereocenters. The lowest BCUT2D eigenvalue weighted by Gasteiger charge is -2.39. The summed E-state index contributed by atoms with van der Waals surface area (Å²) in [5.41, 5.74) is -1.96. The molecule has 8 nitrogen and oxygen atoms in total. The monoisotopic (exact) mass is 608 g/mol. The largest absolute Gasteiger partial charge is 0.389 e. The smallest absolute Gasteiger partial charge is 0.278 e. The molecule has 0 amide bonds. The summed E-state index contributed by atoms with van der Waals surface area (Å²) in [5.74, 6) is -4.61. The van der Waals surface area contributed by atoms with Crippen molar-refractivity contribution in [2.75, 3.05) is 25.0 Å². The van der Waals surface area contributed by atoms with E-state index in [0.717, 1.165) is 0 Å². The predicted octanol–water partition coefficient (Wildman–Crippen LogP) is 5.71. The van der Waals surface area contributed by atoms with Crippen LogP contribution in [0.2, 0.25) is 0 Å². The van der Waals surface area contributed by atoms with Crippen molar-refractivity contribution in [1.29, 1.82) is 5.26 Å². The van der Waals surface area contributed by atoms with Crippen molar-refractivity contribution in [3.05, 3.63) is 63.0 Å². The van der Waals surface area contributed by atoms with Crippen LogP contribution in [0.15, 0.2) is 29.1 Å². The zero-order valence-corrected chi connectivity index (χ0v) is 25.5. The summed E-state index contributed by atoms with van der Waals surface area (Å²) in [6, 6.07) is 7.37. The number of pyridine rings is 1. The quantitative estimate of drug-likeness (QED) is 0.365. The summed E-state index contributed by atoms with van der Waals surface area (Å²) in [6.45, 7) is 6.60. The highest BCUT2D eigenvalue weighted by atomic mass is 19.3. The molecular formula is C33H39F3N6O2. The van der Waals surface area contributed by atoms with Crippen LogP contribution >= 0.6 is 0 Å². The molecule has 4 aliphatic rings. The van der Waals surface area contributed by atoms with E-state index in [4.69, 9.17) is 0 Å². The molecule has 2 N–H and O–H groups in total. The SMILES string of the molecule is Cc1nc2c3cc(C4(C#N)CC4)c(=O)n(c3n1)CCCCC(C)(O)CN1CCC(CC1)C(F)(F)c1cccc(c1F)[C@@H](C)N2. The summed E-state index contributed by atoms with van der Waals surface area (Å²) in [7, 11) is 0. The fourth-order valence-corrected chi connectivity index (χ4v) is 7.01. The van der Waals surface area contributed by atoms with Gasteiger partial charge in [0.05, 0.1) is 34.1 Å². The fraction of sp³-hybridized carbons (Fsp3) is 0.576. The van der Waals surface area contributed by atoms with E-state index in [1.54, 1.807) is 31.4 Å². The Hall–Kier alpha value is -3.49. The molecule has 1 saturated heterocycles. The second kappa shape index (κ2) is 11.1. The van der Waals surface area contributed by atoms with Crippen LogP contribution in [0.3, 0.4) is 0 Å². The number of nitrogens with zero attached hydrogens (tertiary/aromatic N) is 5. The number of alkyl halides is 2. The maximum absolute atomic E-state index is 16.0. The molecule has 0 radical (unpaired) electrons. The van der Waals surface area contributed by atoms with E-state index in [1.165, 1.54) is 18.2 Å². The minimum atomic E-state index is -3.37. The molecule has 7 rings (SSSR count). The topological polar surface area (TPSA) is 107 Å². The van der Waals surface area contributed by atoms with Gasteiger partial charge in [-0.05, 0) is 84.9 Å². The number of nitrogens with one attached hydrogen (secondary N) is 1. The molecule has 11 heteroatoms. The summed E-state index contributed by atoms with van der Waals surface area (Å²) < 4.78 is 49.4. The van der Waals surface area contributed by atoms with Crippen molar-refractivity contribution in [1.82, 2.24) is 19.4 Å². The summed E-state index contributed by atoms with van der Waals surface area (Å²) in [5, 5.41) is 24.9. The lowest BCUT2D eigenvalue weighted by atomic mass is 9.84. The molecular weight excluding hydrogens is 569 g/mol. The molecule has 234 valence electrons. The minimum Gasteiger partial charge on any atom is -0.389 e. The third kappa shape index (κ3) is 5.47. The van der Waals surface area contributed by atoms with Gasteiger partial charge >= 0.3 is 0 Å². The van der Waals surface area contributed by atoms with Gasteiger partial charge in [0.2, 0.25) is 0 Å². The highest BCUT2D eigenvalue weighted by molar-refractivity contribution is 5.88. The molecule has 1 aromatic carbocycles. The maximum Gasteiger partial charge on any atom is 0.278 e. The van der Waals surface area contributed by atoms with Gasteiger partial charge in [-0.2, -0.15) is 5.26 Å². The average molecular weight is 609 g/mol. The van der Waals surface area contributed by atoms with E-state index in [1.807, 2.05) is 4.90 Å². The normalized spacial score (nSPS) is 28.3. The van der Waals surface area contributed by atoms with Gasteiger partial charge in [0.25, 0.3) is 11.5 Å². The molecule has 8 bridgehead atoms. The maximum atomic E-state index is 16.0. The Morgan fingerprint density at radius 1 is 1.09 bits per heavy atom. The fourth-order valence-electron chi connectivity index (χ4n) is 7.01. The van der Waals surface area contributed by atoms with E-state index in [-0.39, 0.29) is 24.0 Å². The Labute approximate surface area is 254 Å². The van der Waals surface area contributed by atoms with Crippen molar-refractivity contribution in [2.45, 2.75) is 95.2 Å². The number of anilines is 1. The molecule has 1 aliphatic carbocycles. The number of benzene rings is 1. The zero-order valence-electron chi connectivity index (χ0n) is 25.5. The second-order valence-electron chi connectivity index (χ2n) is 13.3. The van der Waals surface area contributed by atoms with Gasteiger partial charge in [0, 0.05) is 30.1 Å². The van der Waals surface area contributed by atoms with E-state index in [0.29, 0.717) is 86.5 Å². The van der Waals surface area contributed by atoms with Gasteiger partial charge < -0.3 is 15.3 Å². The van der Waals surface area contributed by atoms with E-state index < -0.39 is 40.3 Å². The zero-order chi connectivity index (χ0) is 31.4. The molecule has 5 heterocycles. The number of aliphatic hydroxyl groups is 1. The number of halogens is 3. The number of nitriles is 1. The lowest BCUT2D eigenvalue weighted by molar-refractivity contribution is -0.0934. The van der Waals surface area contributed by atoms with Crippen LogP contribution < -0.4 is 10.9 Å². The highest BCUT2D eigenvalue weighted by Crippen LogP contribution is 2.47. The lowest BCUT2D eigenvalue weighted by Crippen LogP contribution is -2.46. The third-order valence-corrected chi connectivity index (χ3v) is 9.76.